The first kappa shape index (κ1) is 14.3. The lowest BCUT2D eigenvalue weighted by Gasteiger charge is -2.09. The number of hydrogen-bond donors (Lipinski definition) is 1. The van der Waals surface area contributed by atoms with Gasteiger partial charge in [0, 0.05) is 16.5 Å². The number of fused-ring (bicyclic) bond motifs is 1. The molecule has 4 aromatic rings. The van der Waals surface area contributed by atoms with Gasteiger partial charge in [-0.25, -0.2) is 4.79 Å². The van der Waals surface area contributed by atoms with E-state index in [-0.39, 0.29) is 5.97 Å². The van der Waals surface area contributed by atoms with E-state index in [1.165, 1.54) is 0 Å². The van der Waals surface area contributed by atoms with Crippen molar-refractivity contribution in [1.82, 2.24) is 4.98 Å². The van der Waals surface area contributed by atoms with Gasteiger partial charge in [0.15, 0.2) is 0 Å². The van der Waals surface area contributed by atoms with Gasteiger partial charge in [0.05, 0.1) is 11.3 Å². The number of nitrogens with one attached hydrogen (secondary N) is 1. The van der Waals surface area contributed by atoms with Crippen molar-refractivity contribution in [3.05, 3.63) is 90.5 Å². The van der Waals surface area contributed by atoms with Crippen LogP contribution < -0.4 is 4.74 Å². The molecule has 0 atom stereocenters. The fourth-order valence-electron chi connectivity index (χ4n) is 2.73. The van der Waals surface area contributed by atoms with E-state index >= 15 is 0 Å². The Kier molecular flexibility index (Phi) is 3.60. The van der Waals surface area contributed by atoms with Crippen LogP contribution in [0.4, 0.5) is 0 Å². The fourth-order valence-corrected chi connectivity index (χ4v) is 2.73. The minimum Gasteiger partial charge on any atom is -0.422 e. The number of hydrogen-bond acceptors (Lipinski definition) is 2. The Balaban J connectivity index is 1.71. The quantitative estimate of drug-likeness (QED) is 0.424. The van der Waals surface area contributed by atoms with E-state index in [9.17, 15) is 4.79 Å². The number of aromatic amines is 1. The van der Waals surface area contributed by atoms with Crippen LogP contribution in [-0.2, 0) is 0 Å². The topological polar surface area (TPSA) is 42.1 Å². The Morgan fingerprint density at radius 3 is 2.33 bits per heavy atom. The molecule has 0 radical (unpaired) electrons. The van der Waals surface area contributed by atoms with E-state index < -0.39 is 0 Å². The van der Waals surface area contributed by atoms with Gasteiger partial charge in [-0.05, 0) is 36.4 Å². The molecule has 0 amide bonds. The predicted molar refractivity (Wildman–Crippen MR) is 95.1 cm³/mol. The number of para-hydroxylation sites is 2. The average molecular weight is 313 g/mol. The molecule has 3 nitrogen and oxygen atoms in total. The molecule has 116 valence electrons. The second kappa shape index (κ2) is 6.05. The third kappa shape index (κ3) is 2.68. The van der Waals surface area contributed by atoms with Crippen LogP contribution in [0.2, 0.25) is 0 Å². The Morgan fingerprint density at radius 1 is 0.792 bits per heavy atom. The maximum atomic E-state index is 12.3. The number of H-pyrrole nitrogens is 1. The zero-order valence-electron chi connectivity index (χ0n) is 12.9. The van der Waals surface area contributed by atoms with Crippen molar-refractivity contribution in [3.63, 3.8) is 0 Å². The maximum Gasteiger partial charge on any atom is 0.343 e. The van der Waals surface area contributed by atoms with Gasteiger partial charge in [-0.3, -0.25) is 0 Å². The van der Waals surface area contributed by atoms with Crippen molar-refractivity contribution >= 4 is 16.9 Å². The van der Waals surface area contributed by atoms with Crippen molar-refractivity contribution in [3.8, 4) is 17.0 Å². The van der Waals surface area contributed by atoms with E-state index in [2.05, 4.69) is 11.1 Å². The van der Waals surface area contributed by atoms with Crippen LogP contribution in [0.15, 0.2) is 84.9 Å². The summed E-state index contributed by atoms with van der Waals surface area (Å²) in [4.78, 5) is 15.7. The van der Waals surface area contributed by atoms with Crippen molar-refractivity contribution in [2.45, 2.75) is 0 Å². The lowest BCUT2D eigenvalue weighted by Crippen LogP contribution is -2.08. The zero-order valence-corrected chi connectivity index (χ0v) is 12.9. The minimum absolute atomic E-state index is 0.362. The molecular formula is C21H15NO2. The Bertz CT molecular complexity index is 969. The van der Waals surface area contributed by atoms with Crippen LogP contribution in [-0.4, -0.2) is 11.0 Å². The first-order valence-corrected chi connectivity index (χ1v) is 7.76. The number of carbonyl (C=O) groups excluding carboxylic acids is 1. The van der Waals surface area contributed by atoms with Crippen molar-refractivity contribution in [2.24, 2.45) is 0 Å². The minimum atomic E-state index is -0.362. The van der Waals surface area contributed by atoms with Crippen LogP contribution >= 0.6 is 0 Å². The molecule has 0 bridgehead atoms. The van der Waals surface area contributed by atoms with Crippen LogP contribution in [0.25, 0.3) is 22.2 Å². The molecule has 0 unspecified atom stereocenters. The molecule has 1 N–H and O–H groups in total. The largest absolute Gasteiger partial charge is 0.422 e. The van der Waals surface area contributed by atoms with E-state index in [0.717, 1.165) is 22.2 Å². The molecule has 3 heteroatoms. The van der Waals surface area contributed by atoms with Gasteiger partial charge in [0.25, 0.3) is 0 Å². The van der Waals surface area contributed by atoms with Gasteiger partial charge < -0.3 is 9.72 Å². The highest BCUT2D eigenvalue weighted by Gasteiger charge is 2.13. The van der Waals surface area contributed by atoms with Crippen LogP contribution in [0.5, 0.6) is 5.75 Å². The van der Waals surface area contributed by atoms with E-state index in [0.29, 0.717) is 11.3 Å². The summed E-state index contributed by atoms with van der Waals surface area (Å²) in [5, 5.41) is 1.12. The second-order valence-electron chi connectivity index (χ2n) is 5.52. The first-order valence-electron chi connectivity index (χ1n) is 7.76. The molecule has 0 saturated heterocycles. The van der Waals surface area contributed by atoms with Gasteiger partial charge in [-0.1, -0.05) is 48.5 Å². The molecule has 1 heterocycles. The molecular weight excluding hydrogens is 298 g/mol. The molecule has 0 aliphatic carbocycles. The highest BCUT2D eigenvalue weighted by Crippen LogP contribution is 2.32. The average Bonchev–Trinajstić information content (AvgIpc) is 3.07. The summed E-state index contributed by atoms with van der Waals surface area (Å²) in [5.74, 6) is 0.178. The number of carbonyl (C=O) groups is 1. The fraction of sp³-hybridized carbons (Fsp3) is 0. The SMILES string of the molecule is O=C(Oc1ccccc1-c1cc2ccccc2[nH]1)c1ccccc1. The summed E-state index contributed by atoms with van der Waals surface area (Å²) in [6.45, 7) is 0. The lowest BCUT2D eigenvalue weighted by atomic mass is 10.1. The zero-order chi connectivity index (χ0) is 16.4. The Hall–Kier alpha value is -3.33. The monoisotopic (exact) mass is 313 g/mol. The molecule has 24 heavy (non-hydrogen) atoms. The Morgan fingerprint density at radius 2 is 1.50 bits per heavy atom. The molecule has 1 aromatic heterocycles. The second-order valence-corrected chi connectivity index (χ2v) is 5.52. The first-order chi connectivity index (χ1) is 11.8. The summed E-state index contributed by atoms with van der Waals surface area (Å²) in [7, 11) is 0. The summed E-state index contributed by atoms with van der Waals surface area (Å²) >= 11 is 0. The standard InChI is InChI=1S/C21H15NO2/c23-21(15-8-2-1-3-9-15)24-20-13-7-5-11-17(20)19-14-16-10-4-6-12-18(16)22-19/h1-14,22H. The summed E-state index contributed by atoms with van der Waals surface area (Å²) in [5.41, 5.74) is 3.37. The lowest BCUT2D eigenvalue weighted by molar-refractivity contribution is 0.0735. The molecule has 0 fully saturated rings. The molecule has 4 rings (SSSR count). The third-order valence-electron chi connectivity index (χ3n) is 3.92. The highest BCUT2D eigenvalue weighted by atomic mass is 16.5. The predicted octanol–water partition coefficient (Wildman–Crippen LogP) is 5.05. The van der Waals surface area contributed by atoms with E-state index in [4.69, 9.17) is 4.74 Å². The smallest absolute Gasteiger partial charge is 0.343 e. The van der Waals surface area contributed by atoms with Gasteiger partial charge in [0.2, 0.25) is 0 Å². The summed E-state index contributed by atoms with van der Waals surface area (Å²) in [6, 6.07) is 26.7. The van der Waals surface area contributed by atoms with E-state index in [1.54, 1.807) is 12.1 Å². The Labute approximate surface area is 139 Å². The summed E-state index contributed by atoms with van der Waals surface area (Å²) < 4.78 is 5.62. The molecule has 0 aliphatic rings. The maximum absolute atomic E-state index is 12.3. The van der Waals surface area contributed by atoms with Gasteiger partial charge in [-0.15, -0.1) is 0 Å². The number of aromatic nitrogens is 1. The normalized spacial score (nSPS) is 10.7. The van der Waals surface area contributed by atoms with E-state index in [1.807, 2.05) is 66.7 Å². The molecule has 0 saturated carbocycles. The van der Waals surface area contributed by atoms with Gasteiger partial charge >= 0.3 is 5.97 Å². The molecule has 3 aromatic carbocycles. The van der Waals surface area contributed by atoms with Crippen LogP contribution in [0.3, 0.4) is 0 Å². The van der Waals surface area contributed by atoms with Crippen LogP contribution in [0.1, 0.15) is 10.4 Å². The number of rotatable bonds is 3. The number of ether oxygens (including phenoxy) is 1. The van der Waals surface area contributed by atoms with Crippen molar-refractivity contribution < 1.29 is 9.53 Å². The van der Waals surface area contributed by atoms with Crippen molar-refractivity contribution in [1.29, 1.82) is 0 Å². The van der Waals surface area contributed by atoms with Crippen LogP contribution in [0, 0.1) is 0 Å². The van der Waals surface area contributed by atoms with Gasteiger partial charge in [-0.2, -0.15) is 0 Å². The molecule has 0 aliphatic heterocycles. The number of benzene rings is 3. The van der Waals surface area contributed by atoms with Crippen molar-refractivity contribution in [2.75, 3.05) is 0 Å². The number of esters is 1. The summed E-state index contributed by atoms with van der Waals surface area (Å²) in [6.07, 6.45) is 0. The highest BCUT2D eigenvalue weighted by molar-refractivity contribution is 5.93. The third-order valence-corrected chi connectivity index (χ3v) is 3.92. The van der Waals surface area contributed by atoms with Gasteiger partial charge in [0.1, 0.15) is 5.75 Å². The molecule has 0 spiro atoms.